The van der Waals surface area contributed by atoms with E-state index in [2.05, 4.69) is 278 Å². The van der Waals surface area contributed by atoms with Gasteiger partial charge in [0.05, 0.1) is 5.41 Å². The molecule has 15 rings (SSSR count). The van der Waals surface area contributed by atoms with Crippen molar-refractivity contribution in [3.63, 3.8) is 0 Å². The Labute approximate surface area is 440 Å². The second-order valence-corrected chi connectivity index (χ2v) is 19.8. The van der Waals surface area contributed by atoms with Crippen molar-refractivity contribution in [1.29, 1.82) is 0 Å². The lowest BCUT2D eigenvalue weighted by atomic mass is 9.67. The Morgan fingerprint density at radius 2 is 0.658 bits per heavy atom. The highest BCUT2D eigenvalue weighted by atomic mass is 16.3. The van der Waals surface area contributed by atoms with Crippen molar-refractivity contribution in [2.24, 2.45) is 0 Å². The molecule has 356 valence electrons. The van der Waals surface area contributed by atoms with Crippen LogP contribution in [0, 0.1) is 0 Å². The summed E-state index contributed by atoms with van der Waals surface area (Å²) in [7, 11) is 0. The minimum atomic E-state index is -0.552. The lowest BCUT2D eigenvalue weighted by Crippen LogP contribution is -2.28. The van der Waals surface area contributed by atoms with E-state index in [-0.39, 0.29) is 0 Å². The maximum atomic E-state index is 6.67. The first-order valence-corrected chi connectivity index (χ1v) is 26.1. The molecule has 14 aromatic rings. The van der Waals surface area contributed by atoms with Crippen molar-refractivity contribution < 1.29 is 8.83 Å². The Morgan fingerprint density at radius 3 is 1.21 bits per heavy atom. The molecule has 12 aromatic carbocycles. The second kappa shape index (κ2) is 17.6. The van der Waals surface area contributed by atoms with Gasteiger partial charge in [-0.25, -0.2) is 0 Å². The molecule has 2 heterocycles. The first-order valence-electron chi connectivity index (χ1n) is 26.1. The van der Waals surface area contributed by atoms with E-state index in [0.29, 0.717) is 0 Å². The third kappa shape index (κ3) is 6.76. The zero-order valence-corrected chi connectivity index (χ0v) is 41.4. The standard InChI is InChI=1S/C73H47NO2/c1-5-19-48(20-6-1)49-33-37-54(38-34-49)74(56-41-42-58-57-27-13-16-30-63(57)73(64(58)47-56,52-23-9-3-10-24-52)53-25-11-4-12-26-53)55-39-35-51(36-40-55)70-60(44-46-68-72(70)62-29-15-18-32-66(62)76-68)59-43-45-67-71(61-28-14-17-31-65(61)75-67)69(59)50-21-7-2-8-22-50/h1-47H. The first-order chi connectivity index (χ1) is 37.7. The highest BCUT2D eigenvalue weighted by molar-refractivity contribution is 6.20. The van der Waals surface area contributed by atoms with Crippen LogP contribution in [0.5, 0.6) is 0 Å². The Hall–Kier alpha value is -9.96. The molecular weight excluding hydrogens is 923 g/mol. The molecule has 0 atom stereocenters. The molecule has 0 radical (unpaired) electrons. The second-order valence-electron chi connectivity index (χ2n) is 19.8. The van der Waals surface area contributed by atoms with E-state index < -0.39 is 5.41 Å². The van der Waals surface area contributed by atoms with Gasteiger partial charge in [0.1, 0.15) is 22.3 Å². The molecule has 1 aliphatic rings. The van der Waals surface area contributed by atoms with E-state index in [9.17, 15) is 0 Å². The summed E-state index contributed by atoms with van der Waals surface area (Å²) in [6.45, 7) is 0. The largest absolute Gasteiger partial charge is 0.456 e. The third-order valence-electron chi connectivity index (χ3n) is 15.8. The van der Waals surface area contributed by atoms with Crippen molar-refractivity contribution in [1.82, 2.24) is 0 Å². The average Bonchev–Trinajstić information content (AvgIpc) is 4.26. The van der Waals surface area contributed by atoms with Crippen LogP contribution in [0.25, 0.3) is 99.5 Å². The quantitative estimate of drug-likeness (QED) is 0.144. The first kappa shape index (κ1) is 43.6. The van der Waals surface area contributed by atoms with E-state index in [0.717, 1.165) is 94.3 Å². The van der Waals surface area contributed by atoms with Crippen molar-refractivity contribution in [3.8, 4) is 55.6 Å². The number of fused-ring (bicyclic) bond motifs is 9. The van der Waals surface area contributed by atoms with Gasteiger partial charge in [-0.05, 0) is 140 Å². The Kier molecular flexibility index (Phi) is 10.1. The summed E-state index contributed by atoms with van der Waals surface area (Å²) in [6, 6.07) is 103. The zero-order valence-electron chi connectivity index (χ0n) is 41.4. The van der Waals surface area contributed by atoms with Gasteiger partial charge in [0.25, 0.3) is 0 Å². The Bertz CT molecular complexity index is 4440. The smallest absolute Gasteiger partial charge is 0.136 e. The van der Waals surface area contributed by atoms with Crippen LogP contribution >= 0.6 is 0 Å². The van der Waals surface area contributed by atoms with Crippen LogP contribution in [-0.4, -0.2) is 0 Å². The summed E-state index contributed by atoms with van der Waals surface area (Å²) in [5, 5.41) is 4.36. The minimum Gasteiger partial charge on any atom is -0.456 e. The van der Waals surface area contributed by atoms with Crippen LogP contribution in [0.3, 0.4) is 0 Å². The van der Waals surface area contributed by atoms with Crippen LogP contribution in [0.1, 0.15) is 22.3 Å². The monoisotopic (exact) mass is 969 g/mol. The lowest BCUT2D eigenvalue weighted by Gasteiger charge is -2.35. The van der Waals surface area contributed by atoms with Gasteiger partial charge in [-0.1, -0.05) is 212 Å². The maximum absolute atomic E-state index is 6.67. The van der Waals surface area contributed by atoms with Gasteiger partial charge in [-0.15, -0.1) is 0 Å². The predicted molar refractivity (Wildman–Crippen MR) is 315 cm³/mol. The van der Waals surface area contributed by atoms with Gasteiger partial charge in [0, 0.05) is 49.7 Å². The highest BCUT2D eigenvalue weighted by Gasteiger charge is 2.46. The Morgan fingerprint density at radius 1 is 0.263 bits per heavy atom. The number of anilines is 3. The molecule has 0 aliphatic heterocycles. The van der Waals surface area contributed by atoms with E-state index in [1.54, 1.807) is 0 Å². The van der Waals surface area contributed by atoms with Crippen molar-refractivity contribution >= 4 is 60.9 Å². The van der Waals surface area contributed by atoms with Crippen molar-refractivity contribution in [2.45, 2.75) is 5.41 Å². The molecule has 1 aliphatic carbocycles. The molecule has 0 N–H and O–H groups in total. The number of furan rings is 2. The van der Waals surface area contributed by atoms with Crippen LogP contribution < -0.4 is 4.90 Å². The fraction of sp³-hybridized carbons (Fsp3) is 0.0137. The van der Waals surface area contributed by atoms with Crippen molar-refractivity contribution in [3.05, 3.63) is 307 Å². The SMILES string of the molecule is c1ccc(-c2ccc(N(c3ccc(-c4c(-c5ccc6oc7ccccc7c6c5-c5ccccc5)ccc5oc6ccccc6c45)cc3)c3ccc4c(c3)C(c3ccccc3)(c3ccccc3)c3ccccc3-4)cc2)cc1. The third-order valence-corrected chi connectivity index (χ3v) is 15.8. The molecule has 3 heteroatoms. The number of benzene rings is 12. The van der Waals surface area contributed by atoms with Crippen LogP contribution in [0.15, 0.2) is 294 Å². The highest BCUT2D eigenvalue weighted by Crippen LogP contribution is 2.58. The summed E-state index contributed by atoms with van der Waals surface area (Å²) in [5.74, 6) is 0. The molecule has 0 fully saturated rings. The van der Waals surface area contributed by atoms with E-state index in [1.807, 2.05) is 12.1 Å². The van der Waals surface area contributed by atoms with Crippen molar-refractivity contribution in [2.75, 3.05) is 4.90 Å². The summed E-state index contributed by atoms with van der Waals surface area (Å²) < 4.78 is 13.2. The molecular formula is C73H47NO2. The van der Waals surface area contributed by atoms with Gasteiger partial charge in [-0.2, -0.15) is 0 Å². The number of nitrogens with zero attached hydrogens (tertiary/aromatic N) is 1. The molecule has 0 unspecified atom stereocenters. The number of rotatable bonds is 9. The van der Waals surface area contributed by atoms with Crippen LogP contribution in [0.4, 0.5) is 17.1 Å². The van der Waals surface area contributed by atoms with Gasteiger partial charge >= 0.3 is 0 Å². The Balaban J connectivity index is 0.952. The van der Waals surface area contributed by atoms with E-state index in [1.165, 1.54) is 44.5 Å². The van der Waals surface area contributed by atoms with Crippen LogP contribution in [-0.2, 0) is 5.41 Å². The van der Waals surface area contributed by atoms with Gasteiger partial charge < -0.3 is 13.7 Å². The molecule has 0 saturated carbocycles. The summed E-state index contributed by atoms with van der Waals surface area (Å²) in [5.41, 5.74) is 22.6. The molecule has 2 aromatic heterocycles. The van der Waals surface area contributed by atoms with Gasteiger partial charge in [0.2, 0.25) is 0 Å². The molecule has 3 nitrogen and oxygen atoms in total. The molecule has 76 heavy (non-hydrogen) atoms. The fourth-order valence-corrected chi connectivity index (χ4v) is 12.5. The normalized spacial score (nSPS) is 12.6. The number of hydrogen-bond donors (Lipinski definition) is 0. The lowest BCUT2D eigenvalue weighted by molar-refractivity contribution is 0.668. The van der Waals surface area contributed by atoms with Crippen LogP contribution in [0.2, 0.25) is 0 Å². The number of hydrogen-bond acceptors (Lipinski definition) is 3. The number of para-hydroxylation sites is 2. The molecule has 0 amide bonds. The molecule has 0 spiro atoms. The zero-order chi connectivity index (χ0) is 50.2. The minimum absolute atomic E-state index is 0.552. The topological polar surface area (TPSA) is 29.5 Å². The summed E-state index contributed by atoms with van der Waals surface area (Å²) >= 11 is 0. The molecule has 0 bridgehead atoms. The van der Waals surface area contributed by atoms with E-state index >= 15 is 0 Å². The van der Waals surface area contributed by atoms with Gasteiger partial charge in [0.15, 0.2) is 0 Å². The summed E-state index contributed by atoms with van der Waals surface area (Å²) in [6.07, 6.45) is 0. The van der Waals surface area contributed by atoms with Gasteiger partial charge in [-0.3, -0.25) is 0 Å². The maximum Gasteiger partial charge on any atom is 0.136 e. The predicted octanol–water partition coefficient (Wildman–Crippen LogP) is 20.0. The summed E-state index contributed by atoms with van der Waals surface area (Å²) in [4.78, 5) is 2.42. The average molecular weight is 970 g/mol. The van der Waals surface area contributed by atoms with E-state index in [4.69, 9.17) is 8.83 Å². The fourth-order valence-electron chi connectivity index (χ4n) is 12.5. The molecule has 0 saturated heterocycles.